The molecule has 0 saturated heterocycles. The Morgan fingerprint density at radius 3 is 2.58 bits per heavy atom. The van der Waals surface area contributed by atoms with Crippen molar-refractivity contribution in [2.24, 2.45) is 7.05 Å². The monoisotopic (exact) mass is 277 g/mol. The van der Waals surface area contributed by atoms with Gasteiger partial charge in [-0.05, 0) is 6.92 Å². The summed E-state index contributed by atoms with van der Waals surface area (Å²) in [6.07, 6.45) is 1.99. The van der Waals surface area contributed by atoms with E-state index in [9.17, 15) is 4.79 Å². The van der Waals surface area contributed by atoms with Crippen LogP contribution in [0.15, 0.2) is 11.6 Å². The van der Waals surface area contributed by atoms with Crippen molar-refractivity contribution in [3.8, 4) is 0 Å². The molecule has 0 spiro atoms. The minimum Gasteiger partial charge on any atom is -0.294 e. The van der Waals surface area contributed by atoms with Crippen molar-refractivity contribution in [2.45, 2.75) is 39.5 Å². The molecule has 0 aliphatic carbocycles. The van der Waals surface area contributed by atoms with Crippen LogP contribution in [0.5, 0.6) is 0 Å². The first-order chi connectivity index (χ1) is 8.79. The van der Waals surface area contributed by atoms with Crippen LogP contribution < -0.4 is 0 Å². The predicted octanol–water partition coefficient (Wildman–Crippen LogP) is 2.91. The third kappa shape index (κ3) is 2.92. The molecule has 0 atom stereocenters. The van der Waals surface area contributed by atoms with E-state index in [0.29, 0.717) is 12.0 Å². The van der Waals surface area contributed by atoms with Gasteiger partial charge in [0, 0.05) is 23.5 Å². The zero-order valence-electron chi connectivity index (χ0n) is 12.0. The second-order valence-electron chi connectivity index (χ2n) is 5.74. The minimum atomic E-state index is 0.0298. The molecule has 0 radical (unpaired) electrons. The van der Waals surface area contributed by atoms with Crippen molar-refractivity contribution in [3.63, 3.8) is 0 Å². The highest BCUT2D eigenvalue weighted by molar-refractivity contribution is 7.09. The number of hydrogen-bond donors (Lipinski definition) is 0. The molecule has 5 heteroatoms. The van der Waals surface area contributed by atoms with Crippen molar-refractivity contribution in [3.05, 3.63) is 33.5 Å². The average molecular weight is 277 g/mol. The first kappa shape index (κ1) is 13.9. The third-order valence-corrected chi connectivity index (χ3v) is 4.02. The SMILES string of the molecule is Cc1c(C(=O)Cc2nc(C(C)(C)C)cs2)cnn1C. The van der Waals surface area contributed by atoms with Crippen LogP contribution in [0.3, 0.4) is 0 Å². The van der Waals surface area contributed by atoms with Gasteiger partial charge in [0.05, 0.1) is 23.9 Å². The van der Waals surface area contributed by atoms with E-state index >= 15 is 0 Å². The van der Waals surface area contributed by atoms with Gasteiger partial charge in [-0.1, -0.05) is 20.8 Å². The molecule has 102 valence electrons. The largest absolute Gasteiger partial charge is 0.294 e. The van der Waals surface area contributed by atoms with Crippen LogP contribution in [-0.4, -0.2) is 20.5 Å². The Labute approximate surface area is 117 Å². The van der Waals surface area contributed by atoms with Gasteiger partial charge in [-0.15, -0.1) is 11.3 Å². The summed E-state index contributed by atoms with van der Waals surface area (Å²) in [6.45, 7) is 8.28. The molecule has 19 heavy (non-hydrogen) atoms. The van der Waals surface area contributed by atoms with Crippen LogP contribution in [0.2, 0.25) is 0 Å². The molecule has 0 aliphatic rings. The topological polar surface area (TPSA) is 47.8 Å². The highest BCUT2D eigenvalue weighted by Crippen LogP contribution is 2.24. The molecular formula is C14H19N3OS. The molecule has 0 amide bonds. The van der Waals surface area contributed by atoms with Gasteiger partial charge in [0.25, 0.3) is 0 Å². The number of thiazole rings is 1. The third-order valence-electron chi connectivity index (χ3n) is 3.17. The summed E-state index contributed by atoms with van der Waals surface area (Å²) >= 11 is 1.55. The first-order valence-electron chi connectivity index (χ1n) is 6.25. The Morgan fingerprint density at radius 2 is 2.11 bits per heavy atom. The smallest absolute Gasteiger partial charge is 0.173 e. The summed E-state index contributed by atoms with van der Waals surface area (Å²) in [4.78, 5) is 16.8. The average Bonchev–Trinajstić information content (AvgIpc) is 2.87. The molecule has 0 unspecified atom stereocenters. The van der Waals surface area contributed by atoms with E-state index in [1.165, 1.54) is 0 Å². The van der Waals surface area contributed by atoms with Gasteiger partial charge >= 0.3 is 0 Å². The van der Waals surface area contributed by atoms with Crippen LogP contribution in [0.1, 0.15) is 47.5 Å². The van der Waals surface area contributed by atoms with E-state index in [1.54, 1.807) is 22.2 Å². The number of carbonyl (C=O) groups excluding carboxylic acids is 1. The number of nitrogens with zero attached hydrogens (tertiary/aromatic N) is 3. The highest BCUT2D eigenvalue weighted by atomic mass is 32.1. The number of ketones is 1. The number of aromatic nitrogens is 3. The predicted molar refractivity (Wildman–Crippen MR) is 76.8 cm³/mol. The molecule has 0 saturated carbocycles. The summed E-state index contributed by atoms with van der Waals surface area (Å²) in [5, 5.41) is 7.02. The van der Waals surface area contributed by atoms with E-state index in [0.717, 1.165) is 16.4 Å². The maximum absolute atomic E-state index is 12.2. The van der Waals surface area contributed by atoms with E-state index in [-0.39, 0.29) is 11.2 Å². The maximum Gasteiger partial charge on any atom is 0.173 e. The maximum atomic E-state index is 12.2. The minimum absolute atomic E-state index is 0.0298. The van der Waals surface area contributed by atoms with Gasteiger partial charge in [0.15, 0.2) is 5.78 Å². The lowest BCUT2D eigenvalue weighted by Gasteiger charge is -2.14. The highest BCUT2D eigenvalue weighted by Gasteiger charge is 2.19. The molecule has 4 nitrogen and oxygen atoms in total. The number of Topliss-reactive ketones (excluding diaryl/α,β-unsaturated/α-hetero) is 1. The zero-order valence-corrected chi connectivity index (χ0v) is 12.8. The number of carbonyl (C=O) groups is 1. The van der Waals surface area contributed by atoms with Crippen LogP contribution in [0.25, 0.3) is 0 Å². The molecule has 0 aromatic carbocycles. The van der Waals surface area contributed by atoms with Crippen LogP contribution in [-0.2, 0) is 18.9 Å². The molecule has 2 rings (SSSR count). The van der Waals surface area contributed by atoms with E-state index < -0.39 is 0 Å². The van der Waals surface area contributed by atoms with Crippen LogP contribution in [0.4, 0.5) is 0 Å². The van der Waals surface area contributed by atoms with Crippen LogP contribution in [0, 0.1) is 6.92 Å². The fourth-order valence-corrected chi connectivity index (χ4v) is 2.76. The van der Waals surface area contributed by atoms with E-state index in [1.807, 2.05) is 19.4 Å². The van der Waals surface area contributed by atoms with Crippen molar-refractivity contribution >= 4 is 17.1 Å². The van der Waals surface area contributed by atoms with Gasteiger partial charge < -0.3 is 0 Å². The molecule has 0 aliphatic heterocycles. The normalized spacial score (nSPS) is 11.8. The number of hydrogen-bond acceptors (Lipinski definition) is 4. The second-order valence-corrected chi connectivity index (χ2v) is 6.69. The summed E-state index contributed by atoms with van der Waals surface area (Å²) in [5.74, 6) is 0.0837. The lowest BCUT2D eigenvalue weighted by molar-refractivity contribution is 0.0992. The van der Waals surface area contributed by atoms with Crippen molar-refractivity contribution in [1.29, 1.82) is 0 Å². The summed E-state index contributed by atoms with van der Waals surface area (Å²) in [5.41, 5.74) is 2.66. The van der Waals surface area contributed by atoms with Gasteiger partial charge in [0.1, 0.15) is 5.01 Å². The Hall–Kier alpha value is -1.49. The summed E-state index contributed by atoms with van der Waals surface area (Å²) in [7, 11) is 1.84. The Morgan fingerprint density at radius 1 is 1.42 bits per heavy atom. The van der Waals surface area contributed by atoms with E-state index in [2.05, 4.69) is 30.9 Å². The zero-order chi connectivity index (χ0) is 14.2. The first-order valence-corrected chi connectivity index (χ1v) is 7.13. The number of rotatable bonds is 3. The number of aryl methyl sites for hydroxylation is 1. The molecule has 0 bridgehead atoms. The van der Waals surface area contributed by atoms with Crippen molar-refractivity contribution < 1.29 is 4.79 Å². The molecule has 2 aromatic rings. The quantitative estimate of drug-likeness (QED) is 0.810. The lowest BCUT2D eigenvalue weighted by Crippen LogP contribution is -2.12. The second kappa shape index (κ2) is 4.89. The standard InChI is InChI=1S/C14H19N3OS/c1-9-10(7-15-17(9)5)11(18)6-13-16-12(8-19-13)14(2,3)4/h7-8H,6H2,1-5H3. The molecule has 2 heterocycles. The fourth-order valence-electron chi connectivity index (χ4n) is 1.74. The van der Waals surface area contributed by atoms with Crippen LogP contribution >= 0.6 is 11.3 Å². The Bertz CT molecular complexity index is 604. The van der Waals surface area contributed by atoms with Gasteiger partial charge in [0.2, 0.25) is 0 Å². The summed E-state index contributed by atoms with van der Waals surface area (Å²) in [6, 6.07) is 0. The van der Waals surface area contributed by atoms with Crippen molar-refractivity contribution in [1.82, 2.24) is 14.8 Å². The Balaban J connectivity index is 2.16. The van der Waals surface area contributed by atoms with E-state index in [4.69, 9.17) is 0 Å². The summed E-state index contributed by atoms with van der Waals surface area (Å²) < 4.78 is 1.72. The lowest BCUT2D eigenvalue weighted by atomic mass is 9.93. The fraction of sp³-hybridized carbons (Fsp3) is 0.500. The Kier molecular flexibility index (Phi) is 3.58. The molecule has 2 aromatic heterocycles. The molecule has 0 fully saturated rings. The van der Waals surface area contributed by atoms with Crippen molar-refractivity contribution in [2.75, 3.05) is 0 Å². The van der Waals surface area contributed by atoms with Gasteiger partial charge in [-0.25, -0.2) is 4.98 Å². The molecular weight excluding hydrogens is 258 g/mol. The van der Waals surface area contributed by atoms with Gasteiger partial charge in [-0.2, -0.15) is 5.10 Å². The molecule has 0 N–H and O–H groups in total. The van der Waals surface area contributed by atoms with Gasteiger partial charge in [-0.3, -0.25) is 9.48 Å².